The van der Waals surface area contributed by atoms with E-state index in [1.54, 1.807) is 17.0 Å². The van der Waals surface area contributed by atoms with Crippen LogP contribution in [0.15, 0.2) is 23.3 Å². The van der Waals surface area contributed by atoms with Gasteiger partial charge in [0.25, 0.3) is 5.56 Å². The normalized spacial score (nSPS) is 19.4. The standard InChI is InChI=1S/C15H17ClN2O2/c1-10-5-12(16)6-13-14(10)17-9-18(15(13)19)7-11-3-2-4-20-8-11/h5-6,9,11H,2-4,7-8H2,1H3/t11-/m1/s1. The van der Waals surface area contributed by atoms with Gasteiger partial charge in [0.15, 0.2) is 0 Å². The monoisotopic (exact) mass is 292 g/mol. The number of ether oxygens (including phenoxy) is 1. The summed E-state index contributed by atoms with van der Waals surface area (Å²) in [4.78, 5) is 16.9. The lowest BCUT2D eigenvalue weighted by atomic mass is 10.0. The molecule has 0 amide bonds. The summed E-state index contributed by atoms with van der Waals surface area (Å²) < 4.78 is 7.14. The van der Waals surface area contributed by atoms with Crippen molar-refractivity contribution in [1.82, 2.24) is 9.55 Å². The molecule has 20 heavy (non-hydrogen) atoms. The first kappa shape index (κ1) is 13.6. The molecule has 1 aromatic heterocycles. The van der Waals surface area contributed by atoms with Crippen LogP contribution in [-0.4, -0.2) is 22.8 Å². The van der Waals surface area contributed by atoms with E-state index in [0.29, 0.717) is 22.9 Å². The maximum absolute atomic E-state index is 12.5. The summed E-state index contributed by atoms with van der Waals surface area (Å²) in [7, 11) is 0. The summed E-state index contributed by atoms with van der Waals surface area (Å²) >= 11 is 6.04. The zero-order valence-corrected chi connectivity index (χ0v) is 12.2. The summed E-state index contributed by atoms with van der Waals surface area (Å²) in [5.74, 6) is 0.390. The fourth-order valence-corrected chi connectivity index (χ4v) is 3.04. The molecule has 2 heterocycles. The Morgan fingerprint density at radius 1 is 1.50 bits per heavy atom. The first-order valence-electron chi connectivity index (χ1n) is 6.88. The van der Waals surface area contributed by atoms with E-state index >= 15 is 0 Å². The second-order valence-corrected chi connectivity index (χ2v) is 5.84. The summed E-state index contributed by atoms with van der Waals surface area (Å²) in [5, 5.41) is 1.17. The lowest BCUT2D eigenvalue weighted by Gasteiger charge is -2.22. The van der Waals surface area contributed by atoms with Gasteiger partial charge < -0.3 is 4.74 Å². The molecule has 106 valence electrons. The second-order valence-electron chi connectivity index (χ2n) is 5.40. The quantitative estimate of drug-likeness (QED) is 0.855. The lowest BCUT2D eigenvalue weighted by molar-refractivity contribution is 0.0479. The van der Waals surface area contributed by atoms with Gasteiger partial charge in [0, 0.05) is 24.1 Å². The number of hydrogen-bond acceptors (Lipinski definition) is 3. The molecule has 0 radical (unpaired) electrons. The third-order valence-electron chi connectivity index (χ3n) is 3.79. The molecule has 0 saturated carbocycles. The third kappa shape index (κ3) is 2.58. The molecule has 0 bridgehead atoms. The molecular formula is C15H17ClN2O2. The summed E-state index contributed by atoms with van der Waals surface area (Å²) in [6, 6.07) is 3.53. The SMILES string of the molecule is Cc1cc(Cl)cc2c(=O)n(C[C@H]3CCCOC3)cnc12. The van der Waals surface area contributed by atoms with Gasteiger partial charge in [-0.3, -0.25) is 9.36 Å². The van der Waals surface area contributed by atoms with Gasteiger partial charge in [-0.05, 0) is 37.5 Å². The average molecular weight is 293 g/mol. The number of nitrogens with zero attached hydrogens (tertiary/aromatic N) is 2. The van der Waals surface area contributed by atoms with Crippen molar-refractivity contribution in [3.8, 4) is 0 Å². The van der Waals surface area contributed by atoms with Crippen LogP contribution in [0, 0.1) is 12.8 Å². The van der Waals surface area contributed by atoms with Crippen LogP contribution in [0.4, 0.5) is 0 Å². The second kappa shape index (κ2) is 5.54. The highest BCUT2D eigenvalue weighted by molar-refractivity contribution is 6.31. The molecule has 1 saturated heterocycles. The highest BCUT2D eigenvalue weighted by Crippen LogP contribution is 2.20. The van der Waals surface area contributed by atoms with Crippen LogP contribution in [-0.2, 0) is 11.3 Å². The first-order valence-corrected chi connectivity index (χ1v) is 7.26. The van der Waals surface area contributed by atoms with Crippen LogP contribution in [0.3, 0.4) is 0 Å². The minimum Gasteiger partial charge on any atom is -0.381 e. The van der Waals surface area contributed by atoms with Gasteiger partial charge in [0.1, 0.15) is 0 Å². The maximum Gasteiger partial charge on any atom is 0.261 e. The van der Waals surface area contributed by atoms with Gasteiger partial charge >= 0.3 is 0 Å². The van der Waals surface area contributed by atoms with Crippen molar-refractivity contribution in [3.63, 3.8) is 0 Å². The van der Waals surface area contributed by atoms with Crippen molar-refractivity contribution >= 4 is 22.5 Å². The molecule has 0 unspecified atom stereocenters. The lowest BCUT2D eigenvalue weighted by Crippen LogP contribution is -2.28. The van der Waals surface area contributed by atoms with Gasteiger partial charge in [-0.25, -0.2) is 4.98 Å². The molecule has 2 aromatic rings. The zero-order chi connectivity index (χ0) is 14.1. The predicted octanol–water partition coefficient (Wildman–Crippen LogP) is 2.78. The summed E-state index contributed by atoms with van der Waals surface area (Å²) in [5.41, 5.74) is 1.64. The maximum atomic E-state index is 12.5. The molecule has 1 aliphatic rings. The fraction of sp³-hybridized carbons (Fsp3) is 0.467. The number of halogens is 1. The summed E-state index contributed by atoms with van der Waals surface area (Å²) in [6.45, 7) is 4.13. The zero-order valence-electron chi connectivity index (χ0n) is 11.4. The van der Waals surface area contributed by atoms with E-state index in [0.717, 1.165) is 37.1 Å². The Bertz CT molecular complexity index is 690. The van der Waals surface area contributed by atoms with Crippen LogP contribution in [0.2, 0.25) is 5.02 Å². The number of rotatable bonds is 2. The molecule has 1 atom stereocenters. The molecule has 0 spiro atoms. The van der Waals surface area contributed by atoms with Crippen molar-refractivity contribution < 1.29 is 4.74 Å². The van der Waals surface area contributed by atoms with E-state index in [2.05, 4.69) is 4.98 Å². The average Bonchev–Trinajstić information content (AvgIpc) is 2.43. The van der Waals surface area contributed by atoms with E-state index in [1.807, 2.05) is 13.0 Å². The highest BCUT2D eigenvalue weighted by Gasteiger charge is 2.16. The fourth-order valence-electron chi connectivity index (χ4n) is 2.76. The van der Waals surface area contributed by atoms with Crippen molar-refractivity contribution in [2.75, 3.05) is 13.2 Å². The molecule has 1 aliphatic heterocycles. The van der Waals surface area contributed by atoms with Crippen molar-refractivity contribution in [3.05, 3.63) is 39.4 Å². The minimum absolute atomic E-state index is 0.0221. The third-order valence-corrected chi connectivity index (χ3v) is 4.01. The molecular weight excluding hydrogens is 276 g/mol. The van der Waals surface area contributed by atoms with Crippen LogP contribution in [0.25, 0.3) is 10.9 Å². The molecule has 5 heteroatoms. The molecule has 0 aliphatic carbocycles. The van der Waals surface area contributed by atoms with Crippen LogP contribution in [0.5, 0.6) is 0 Å². The number of aryl methyl sites for hydroxylation is 1. The van der Waals surface area contributed by atoms with Gasteiger partial charge in [0.2, 0.25) is 0 Å². The smallest absolute Gasteiger partial charge is 0.261 e. The Kier molecular flexibility index (Phi) is 3.76. The largest absolute Gasteiger partial charge is 0.381 e. The number of aromatic nitrogens is 2. The van der Waals surface area contributed by atoms with E-state index in [9.17, 15) is 4.79 Å². The van der Waals surface area contributed by atoms with Gasteiger partial charge in [-0.15, -0.1) is 0 Å². The predicted molar refractivity (Wildman–Crippen MR) is 79.3 cm³/mol. The van der Waals surface area contributed by atoms with E-state index < -0.39 is 0 Å². The van der Waals surface area contributed by atoms with Gasteiger partial charge in [0.05, 0.1) is 23.8 Å². The first-order chi connectivity index (χ1) is 9.65. The molecule has 0 N–H and O–H groups in total. The molecule has 1 aromatic carbocycles. The topological polar surface area (TPSA) is 44.1 Å². The molecule has 3 rings (SSSR count). The Balaban J connectivity index is 2.00. The van der Waals surface area contributed by atoms with Crippen molar-refractivity contribution in [2.24, 2.45) is 5.92 Å². The Morgan fingerprint density at radius 3 is 3.10 bits per heavy atom. The highest BCUT2D eigenvalue weighted by atomic mass is 35.5. The number of fused-ring (bicyclic) bond motifs is 1. The van der Waals surface area contributed by atoms with Crippen LogP contribution < -0.4 is 5.56 Å². The molecule has 4 nitrogen and oxygen atoms in total. The van der Waals surface area contributed by atoms with Crippen LogP contribution in [0.1, 0.15) is 18.4 Å². The van der Waals surface area contributed by atoms with Crippen molar-refractivity contribution in [2.45, 2.75) is 26.3 Å². The Hall–Kier alpha value is -1.39. The summed E-state index contributed by atoms with van der Waals surface area (Å²) in [6.07, 6.45) is 3.80. The number of benzene rings is 1. The van der Waals surface area contributed by atoms with Gasteiger partial charge in [-0.2, -0.15) is 0 Å². The van der Waals surface area contributed by atoms with Crippen molar-refractivity contribution in [1.29, 1.82) is 0 Å². The Labute approximate surface area is 122 Å². The van der Waals surface area contributed by atoms with Crippen LogP contribution >= 0.6 is 11.6 Å². The van der Waals surface area contributed by atoms with E-state index in [-0.39, 0.29) is 5.56 Å². The molecule has 1 fully saturated rings. The number of hydrogen-bond donors (Lipinski definition) is 0. The van der Waals surface area contributed by atoms with E-state index in [4.69, 9.17) is 16.3 Å². The Morgan fingerprint density at radius 2 is 2.35 bits per heavy atom. The van der Waals surface area contributed by atoms with E-state index in [1.165, 1.54) is 0 Å². The minimum atomic E-state index is -0.0221. The van der Waals surface area contributed by atoms with Gasteiger partial charge in [-0.1, -0.05) is 11.6 Å².